The van der Waals surface area contributed by atoms with Crippen molar-refractivity contribution in [1.82, 2.24) is 0 Å². The molecule has 0 N–H and O–H groups in total. The van der Waals surface area contributed by atoms with E-state index in [0.717, 1.165) is 24.9 Å². The lowest BCUT2D eigenvalue weighted by Crippen LogP contribution is -2.34. The number of nitrogens with zero attached hydrogens (tertiary/aromatic N) is 2. The summed E-state index contributed by atoms with van der Waals surface area (Å²) in [6.45, 7) is 0.535. The highest BCUT2D eigenvalue weighted by Gasteiger charge is 2.37. The largest absolute Gasteiger partial charge is 0.452 e. The average Bonchev–Trinajstić information content (AvgIpc) is 2.78. The summed E-state index contributed by atoms with van der Waals surface area (Å²) in [7, 11) is 0. The first-order valence-electron chi connectivity index (χ1n) is 7.21. The van der Waals surface area contributed by atoms with Crippen LogP contribution >= 0.6 is 0 Å². The van der Waals surface area contributed by atoms with Crippen molar-refractivity contribution in [2.45, 2.75) is 31.8 Å². The summed E-state index contributed by atoms with van der Waals surface area (Å²) in [5.74, 6) is -0.421. The molecule has 0 radical (unpaired) electrons. The van der Waals surface area contributed by atoms with Crippen molar-refractivity contribution in [3.05, 3.63) is 29.8 Å². The van der Waals surface area contributed by atoms with Crippen LogP contribution in [0.25, 0.3) is 0 Å². The average molecular weight is 284 g/mol. The zero-order chi connectivity index (χ0) is 14.8. The van der Waals surface area contributed by atoms with Crippen LogP contribution in [-0.2, 0) is 14.3 Å². The van der Waals surface area contributed by atoms with E-state index < -0.39 is 6.10 Å². The van der Waals surface area contributed by atoms with Gasteiger partial charge in [-0.1, -0.05) is 6.42 Å². The van der Waals surface area contributed by atoms with Gasteiger partial charge in [0, 0.05) is 18.7 Å². The molecule has 1 atom stereocenters. The molecule has 2 fully saturated rings. The van der Waals surface area contributed by atoms with Crippen molar-refractivity contribution in [3.63, 3.8) is 0 Å². The third kappa shape index (κ3) is 2.62. The van der Waals surface area contributed by atoms with Gasteiger partial charge in [0.1, 0.15) is 0 Å². The number of nitriles is 1. The Labute approximate surface area is 123 Å². The number of carbonyl (C=O) groups is 2. The molecule has 3 rings (SSSR count). The van der Waals surface area contributed by atoms with Crippen LogP contribution in [0.5, 0.6) is 0 Å². The highest BCUT2D eigenvalue weighted by molar-refractivity contribution is 5.99. The number of hydrogen-bond acceptors (Lipinski definition) is 4. The number of esters is 1. The molecule has 1 heterocycles. The number of carbonyl (C=O) groups excluding carboxylic acids is 2. The van der Waals surface area contributed by atoms with E-state index >= 15 is 0 Å². The molecule has 1 amide bonds. The van der Waals surface area contributed by atoms with Crippen molar-refractivity contribution >= 4 is 17.6 Å². The Morgan fingerprint density at radius 2 is 1.95 bits per heavy atom. The monoisotopic (exact) mass is 284 g/mol. The highest BCUT2D eigenvalue weighted by atomic mass is 16.5. The summed E-state index contributed by atoms with van der Waals surface area (Å²) >= 11 is 0. The maximum Gasteiger partial charge on any atom is 0.309 e. The maximum atomic E-state index is 12.3. The SMILES string of the molecule is N#Cc1ccc(N2CCC(OC(=O)C3CCC3)C2=O)cc1. The number of rotatable bonds is 3. The van der Waals surface area contributed by atoms with Crippen LogP contribution in [0.4, 0.5) is 5.69 Å². The lowest BCUT2D eigenvalue weighted by atomic mass is 9.86. The van der Waals surface area contributed by atoms with Gasteiger partial charge in [0.05, 0.1) is 17.6 Å². The van der Waals surface area contributed by atoms with E-state index in [1.54, 1.807) is 29.2 Å². The van der Waals surface area contributed by atoms with Crippen molar-refractivity contribution in [3.8, 4) is 6.07 Å². The molecule has 1 saturated heterocycles. The predicted molar refractivity (Wildman–Crippen MR) is 75.3 cm³/mol. The van der Waals surface area contributed by atoms with Crippen LogP contribution in [0, 0.1) is 17.2 Å². The minimum atomic E-state index is -0.659. The second-order valence-corrected chi connectivity index (χ2v) is 5.49. The minimum Gasteiger partial charge on any atom is -0.452 e. The van der Waals surface area contributed by atoms with Crippen LogP contribution in [0.1, 0.15) is 31.2 Å². The first-order valence-corrected chi connectivity index (χ1v) is 7.21. The normalized spacial score (nSPS) is 21.8. The van der Waals surface area contributed by atoms with Gasteiger partial charge in [-0.25, -0.2) is 0 Å². The van der Waals surface area contributed by atoms with E-state index in [9.17, 15) is 9.59 Å². The molecule has 1 aromatic rings. The zero-order valence-corrected chi connectivity index (χ0v) is 11.6. The number of ether oxygens (including phenoxy) is 1. The smallest absolute Gasteiger partial charge is 0.309 e. The van der Waals surface area contributed by atoms with Crippen molar-refractivity contribution in [2.75, 3.05) is 11.4 Å². The van der Waals surface area contributed by atoms with Crippen LogP contribution in [0.15, 0.2) is 24.3 Å². The highest BCUT2D eigenvalue weighted by Crippen LogP contribution is 2.30. The van der Waals surface area contributed by atoms with Gasteiger partial charge in [-0.05, 0) is 37.1 Å². The summed E-state index contributed by atoms with van der Waals surface area (Å²) in [6.07, 6.45) is 2.68. The second-order valence-electron chi connectivity index (χ2n) is 5.49. The lowest BCUT2D eigenvalue weighted by Gasteiger charge is -2.24. The van der Waals surface area contributed by atoms with Crippen molar-refractivity contribution in [2.24, 2.45) is 5.92 Å². The zero-order valence-electron chi connectivity index (χ0n) is 11.6. The molecule has 108 valence electrons. The molecular weight excluding hydrogens is 268 g/mol. The predicted octanol–water partition coefficient (Wildman–Crippen LogP) is 2.01. The second kappa shape index (κ2) is 5.57. The fourth-order valence-electron chi connectivity index (χ4n) is 2.62. The van der Waals surface area contributed by atoms with Gasteiger partial charge in [-0.2, -0.15) is 5.26 Å². The van der Waals surface area contributed by atoms with E-state index in [1.165, 1.54) is 0 Å². The quantitative estimate of drug-likeness (QED) is 0.796. The summed E-state index contributed by atoms with van der Waals surface area (Å²) in [5.41, 5.74) is 1.29. The third-order valence-corrected chi connectivity index (χ3v) is 4.16. The maximum absolute atomic E-state index is 12.3. The lowest BCUT2D eigenvalue weighted by molar-refractivity contribution is -0.160. The van der Waals surface area contributed by atoms with Gasteiger partial charge >= 0.3 is 5.97 Å². The van der Waals surface area contributed by atoms with Gasteiger partial charge in [0.25, 0.3) is 5.91 Å². The summed E-state index contributed by atoms with van der Waals surface area (Å²) in [5, 5.41) is 8.78. The molecular formula is C16H16N2O3. The van der Waals surface area contributed by atoms with E-state index in [-0.39, 0.29) is 17.8 Å². The number of anilines is 1. The molecule has 2 aliphatic rings. The summed E-state index contributed by atoms with van der Waals surface area (Å²) in [6, 6.07) is 8.88. The summed E-state index contributed by atoms with van der Waals surface area (Å²) < 4.78 is 5.34. The minimum absolute atomic E-state index is 0.0123. The topological polar surface area (TPSA) is 70.4 Å². The molecule has 5 heteroatoms. The van der Waals surface area contributed by atoms with Crippen LogP contribution in [0.2, 0.25) is 0 Å². The van der Waals surface area contributed by atoms with Crippen LogP contribution < -0.4 is 4.90 Å². The fourth-order valence-corrected chi connectivity index (χ4v) is 2.62. The molecule has 0 spiro atoms. The molecule has 5 nitrogen and oxygen atoms in total. The number of amides is 1. The van der Waals surface area contributed by atoms with Gasteiger partial charge < -0.3 is 9.64 Å². The molecule has 1 aliphatic heterocycles. The van der Waals surface area contributed by atoms with E-state index in [2.05, 4.69) is 0 Å². The molecule has 1 aromatic carbocycles. The molecule has 1 unspecified atom stereocenters. The van der Waals surface area contributed by atoms with Crippen molar-refractivity contribution in [1.29, 1.82) is 5.26 Å². The molecule has 1 saturated carbocycles. The van der Waals surface area contributed by atoms with Crippen LogP contribution in [0.3, 0.4) is 0 Å². The van der Waals surface area contributed by atoms with E-state index in [1.807, 2.05) is 6.07 Å². The Kier molecular flexibility index (Phi) is 3.61. The van der Waals surface area contributed by atoms with Crippen molar-refractivity contribution < 1.29 is 14.3 Å². The Hall–Kier alpha value is -2.35. The van der Waals surface area contributed by atoms with Gasteiger partial charge in [0.2, 0.25) is 0 Å². The Morgan fingerprint density at radius 3 is 2.52 bits per heavy atom. The summed E-state index contributed by atoms with van der Waals surface area (Å²) in [4.78, 5) is 25.7. The molecule has 0 aromatic heterocycles. The number of benzene rings is 1. The molecule has 1 aliphatic carbocycles. The Bertz CT molecular complexity index is 599. The standard InChI is InChI=1S/C16H16N2O3/c17-10-11-4-6-13(7-5-11)18-9-8-14(15(18)19)21-16(20)12-2-1-3-12/h4-7,12,14H,1-3,8-9H2. The third-order valence-electron chi connectivity index (χ3n) is 4.16. The van der Waals surface area contributed by atoms with Crippen LogP contribution in [-0.4, -0.2) is 24.5 Å². The Morgan fingerprint density at radius 1 is 1.24 bits per heavy atom. The fraction of sp³-hybridized carbons (Fsp3) is 0.438. The number of hydrogen-bond donors (Lipinski definition) is 0. The van der Waals surface area contributed by atoms with Gasteiger partial charge in [0.15, 0.2) is 6.10 Å². The molecule has 0 bridgehead atoms. The van der Waals surface area contributed by atoms with E-state index in [0.29, 0.717) is 18.5 Å². The van der Waals surface area contributed by atoms with Gasteiger partial charge in [-0.15, -0.1) is 0 Å². The first kappa shape index (κ1) is 13.6. The molecule has 21 heavy (non-hydrogen) atoms. The van der Waals surface area contributed by atoms with E-state index in [4.69, 9.17) is 10.00 Å². The Balaban J connectivity index is 1.65. The first-order chi connectivity index (χ1) is 10.2. The van der Waals surface area contributed by atoms with Gasteiger partial charge in [-0.3, -0.25) is 9.59 Å².